The number of carbonyl (C=O) groups is 1. The summed E-state index contributed by atoms with van der Waals surface area (Å²) >= 11 is 0. The summed E-state index contributed by atoms with van der Waals surface area (Å²) in [5.74, 6) is 0.630. The minimum Gasteiger partial charge on any atom is -0.489 e. The summed E-state index contributed by atoms with van der Waals surface area (Å²) in [5, 5.41) is 0. The Bertz CT molecular complexity index is 905. The van der Waals surface area contributed by atoms with Crippen LogP contribution in [0.4, 0.5) is 0 Å². The van der Waals surface area contributed by atoms with E-state index in [9.17, 15) is 4.79 Å². The maximum atomic E-state index is 11.2. The van der Waals surface area contributed by atoms with Gasteiger partial charge in [0.05, 0.1) is 7.11 Å². The highest BCUT2D eigenvalue weighted by atomic mass is 16.5. The first-order chi connectivity index (χ1) is 13.6. The van der Waals surface area contributed by atoms with Crippen LogP contribution in [0.5, 0.6) is 5.75 Å². The second-order valence-corrected chi connectivity index (χ2v) is 6.97. The molecule has 0 saturated carbocycles. The number of ether oxygens (including phenoxy) is 2. The summed E-state index contributed by atoms with van der Waals surface area (Å²) in [6.45, 7) is 4.82. The van der Waals surface area contributed by atoms with Gasteiger partial charge in [0.15, 0.2) is 0 Å². The lowest BCUT2D eigenvalue weighted by Crippen LogP contribution is -2.02. The largest absolute Gasteiger partial charge is 0.489 e. The van der Waals surface area contributed by atoms with Gasteiger partial charge in [-0.1, -0.05) is 54.6 Å². The summed E-state index contributed by atoms with van der Waals surface area (Å²) in [6, 6.07) is 22.8. The molecule has 0 atom stereocenters. The van der Waals surface area contributed by atoms with Gasteiger partial charge in [-0.2, -0.15) is 0 Å². The van der Waals surface area contributed by atoms with Gasteiger partial charge < -0.3 is 9.47 Å². The van der Waals surface area contributed by atoms with E-state index in [0.717, 1.165) is 16.9 Å². The number of hydrogen-bond acceptors (Lipinski definition) is 3. The molecule has 0 spiro atoms. The van der Waals surface area contributed by atoms with Crippen LogP contribution in [0, 0.1) is 13.8 Å². The SMILES string of the molecule is COC(=O)CCc1ccc(OCc2ccc(-c3c(C)cccc3C)cc2)cc1. The molecule has 3 aromatic carbocycles. The molecule has 28 heavy (non-hydrogen) atoms. The molecule has 0 aromatic heterocycles. The van der Waals surface area contributed by atoms with Crippen molar-refractivity contribution in [2.45, 2.75) is 33.3 Å². The highest BCUT2D eigenvalue weighted by Gasteiger charge is 2.06. The second-order valence-electron chi connectivity index (χ2n) is 6.97. The Morgan fingerprint density at radius 3 is 2.04 bits per heavy atom. The van der Waals surface area contributed by atoms with Crippen molar-refractivity contribution >= 4 is 5.97 Å². The van der Waals surface area contributed by atoms with Crippen molar-refractivity contribution < 1.29 is 14.3 Å². The molecule has 0 aliphatic heterocycles. The number of aryl methyl sites for hydroxylation is 3. The van der Waals surface area contributed by atoms with E-state index in [0.29, 0.717) is 19.4 Å². The average molecular weight is 374 g/mol. The molecule has 0 saturated heterocycles. The Labute approximate surface area is 166 Å². The van der Waals surface area contributed by atoms with E-state index in [1.54, 1.807) is 0 Å². The van der Waals surface area contributed by atoms with E-state index in [2.05, 4.69) is 61.0 Å². The van der Waals surface area contributed by atoms with Gasteiger partial charge in [-0.3, -0.25) is 4.79 Å². The molecule has 0 N–H and O–H groups in total. The highest BCUT2D eigenvalue weighted by Crippen LogP contribution is 2.27. The summed E-state index contributed by atoms with van der Waals surface area (Å²) < 4.78 is 10.6. The molecule has 0 amide bonds. The number of carbonyl (C=O) groups excluding carboxylic acids is 1. The van der Waals surface area contributed by atoms with Gasteiger partial charge >= 0.3 is 5.97 Å². The minimum atomic E-state index is -0.190. The number of benzene rings is 3. The number of hydrogen-bond donors (Lipinski definition) is 0. The smallest absolute Gasteiger partial charge is 0.305 e. The quantitative estimate of drug-likeness (QED) is 0.501. The summed E-state index contributed by atoms with van der Waals surface area (Å²) in [5.41, 5.74) is 7.33. The predicted octanol–water partition coefficient (Wildman–Crippen LogP) is 5.66. The van der Waals surface area contributed by atoms with Gasteiger partial charge in [0.1, 0.15) is 12.4 Å². The first kappa shape index (κ1) is 19.7. The van der Waals surface area contributed by atoms with Crippen molar-refractivity contribution in [2.24, 2.45) is 0 Å². The Morgan fingerprint density at radius 2 is 1.43 bits per heavy atom. The third-order valence-corrected chi connectivity index (χ3v) is 4.90. The summed E-state index contributed by atoms with van der Waals surface area (Å²) in [6.07, 6.45) is 1.07. The van der Waals surface area contributed by atoms with E-state index in [1.165, 1.54) is 29.4 Å². The van der Waals surface area contributed by atoms with E-state index < -0.39 is 0 Å². The van der Waals surface area contributed by atoms with Crippen molar-refractivity contribution in [3.05, 3.63) is 89.0 Å². The van der Waals surface area contributed by atoms with Crippen LogP contribution in [-0.2, 0) is 22.6 Å². The molecule has 3 nitrogen and oxygen atoms in total. The molecule has 3 aromatic rings. The fourth-order valence-corrected chi connectivity index (χ4v) is 3.30. The van der Waals surface area contributed by atoms with Gasteiger partial charge in [-0.05, 0) is 65.8 Å². The topological polar surface area (TPSA) is 35.5 Å². The van der Waals surface area contributed by atoms with Crippen LogP contribution >= 0.6 is 0 Å². The van der Waals surface area contributed by atoms with Crippen molar-refractivity contribution in [1.82, 2.24) is 0 Å². The predicted molar refractivity (Wildman–Crippen MR) is 112 cm³/mol. The monoisotopic (exact) mass is 374 g/mol. The summed E-state index contributed by atoms with van der Waals surface area (Å²) in [4.78, 5) is 11.2. The first-order valence-electron chi connectivity index (χ1n) is 9.51. The fraction of sp³-hybridized carbons (Fsp3) is 0.240. The maximum absolute atomic E-state index is 11.2. The van der Waals surface area contributed by atoms with Crippen molar-refractivity contribution in [3.63, 3.8) is 0 Å². The maximum Gasteiger partial charge on any atom is 0.305 e. The average Bonchev–Trinajstić information content (AvgIpc) is 2.72. The zero-order valence-corrected chi connectivity index (χ0v) is 16.7. The lowest BCUT2D eigenvalue weighted by atomic mass is 9.95. The molecule has 0 radical (unpaired) electrons. The minimum absolute atomic E-state index is 0.190. The lowest BCUT2D eigenvalue weighted by Gasteiger charge is -2.11. The van der Waals surface area contributed by atoms with Gasteiger partial charge in [0.25, 0.3) is 0 Å². The number of methoxy groups -OCH3 is 1. The van der Waals surface area contributed by atoms with Crippen LogP contribution in [0.2, 0.25) is 0 Å². The van der Waals surface area contributed by atoms with Crippen molar-refractivity contribution in [2.75, 3.05) is 7.11 Å². The number of esters is 1. The van der Waals surface area contributed by atoms with E-state index in [1.807, 2.05) is 24.3 Å². The molecular weight excluding hydrogens is 348 g/mol. The molecule has 0 aliphatic carbocycles. The molecule has 144 valence electrons. The molecule has 0 bridgehead atoms. The van der Waals surface area contributed by atoms with Crippen LogP contribution in [0.15, 0.2) is 66.7 Å². The Balaban J connectivity index is 1.58. The van der Waals surface area contributed by atoms with Crippen LogP contribution in [0.25, 0.3) is 11.1 Å². The molecule has 0 aliphatic rings. The second kappa shape index (κ2) is 9.23. The Hall–Kier alpha value is -3.07. The highest BCUT2D eigenvalue weighted by molar-refractivity contribution is 5.71. The molecule has 0 unspecified atom stereocenters. The van der Waals surface area contributed by atoms with E-state index in [-0.39, 0.29) is 5.97 Å². The zero-order chi connectivity index (χ0) is 19.9. The van der Waals surface area contributed by atoms with Gasteiger partial charge in [-0.25, -0.2) is 0 Å². The standard InChI is InChI=1S/C25H26O3/c1-18-5-4-6-19(2)25(18)22-12-7-21(8-13-22)17-28-23-14-9-20(10-15-23)11-16-24(26)27-3/h4-10,12-15H,11,16-17H2,1-3H3. The molecule has 3 rings (SSSR count). The van der Waals surface area contributed by atoms with Crippen molar-refractivity contribution in [3.8, 4) is 16.9 Å². The zero-order valence-electron chi connectivity index (χ0n) is 16.7. The lowest BCUT2D eigenvalue weighted by molar-refractivity contribution is -0.140. The molecule has 0 fully saturated rings. The molecule has 3 heteroatoms. The van der Waals surface area contributed by atoms with E-state index >= 15 is 0 Å². The molecular formula is C25H26O3. The van der Waals surface area contributed by atoms with Crippen LogP contribution in [-0.4, -0.2) is 13.1 Å². The first-order valence-corrected chi connectivity index (χ1v) is 9.51. The number of rotatable bonds is 7. The van der Waals surface area contributed by atoms with Gasteiger partial charge in [-0.15, -0.1) is 0 Å². The molecule has 0 heterocycles. The van der Waals surface area contributed by atoms with Crippen LogP contribution in [0.3, 0.4) is 0 Å². The van der Waals surface area contributed by atoms with Gasteiger partial charge in [0.2, 0.25) is 0 Å². The van der Waals surface area contributed by atoms with Crippen LogP contribution < -0.4 is 4.74 Å². The normalized spacial score (nSPS) is 10.5. The van der Waals surface area contributed by atoms with E-state index in [4.69, 9.17) is 4.74 Å². The summed E-state index contributed by atoms with van der Waals surface area (Å²) in [7, 11) is 1.41. The van der Waals surface area contributed by atoms with Crippen molar-refractivity contribution in [1.29, 1.82) is 0 Å². The third kappa shape index (κ3) is 5.01. The Morgan fingerprint density at radius 1 is 0.821 bits per heavy atom. The van der Waals surface area contributed by atoms with Crippen LogP contribution in [0.1, 0.15) is 28.7 Å². The third-order valence-electron chi connectivity index (χ3n) is 4.90. The Kier molecular flexibility index (Phi) is 6.49. The fourth-order valence-electron chi connectivity index (χ4n) is 3.30. The van der Waals surface area contributed by atoms with Gasteiger partial charge in [0, 0.05) is 6.42 Å².